The second-order valence-electron chi connectivity index (χ2n) is 4.35. The molecule has 0 bridgehead atoms. The maximum absolute atomic E-state index is 5.56. The first kappa shape index (κ1) is 10.4. The Morgan fingerprint density at radius 1 is 1.00 bits per heavy atom. The van der Waals surface area contributed by atoms with E-state index in [1.165, 1.54) is 25.7 Å². The fraction of sp³-hybridized carbons (Fsp3) is 1.00. The van der Waals surface area contributed by atoms with Gasteiger partial charge in [-0.1, -0.05) is 0 Å². The number of hydrogen-bond donors (Lipinski definition) is 1. The van der Waals surface area contributed by atoms with Crippen LogP contribution in [0, 0.1) is 5.92 Å². The van der Waals surface area contributed by atoms with Crippen LogP contribution in [0.15, 0.2) is 0 Å². The van der Waals surface area contributed by atoms with Crippen LogP contribution in [-0.4, -0.2) is 39.0 Å². The molecule has 2 heterocycles. The summed E-state index contributed by atoms with van der Waals surface area (Å²) in [6, 6.07) is 0. The molecule has 2 aliphatic heterocycles. The van der Waals surface area contributed by atoms with Crippen LogP contribution in [0.2, 0.25) is 0 Å². The second-order valence-corrected chi connectivity index (χ2v) is 4.35. The van der Waals surface area contributed by atoms with Crippen LogP contribution in [0.25, 0.3) is 0 Å². The quantitative estimate of drug-likeness (QED) is 0.737. The highest BCUT2D eigenvalue weighted by molar-refractivity contribution is 4.70. The monoisotopic (exact) mass is 199 g/mol. The van der Waals surface area contributed by atoms with Gasteiger partial charge in [0.1, 0.15) is 0 Å². The minimum Gasteiger partial charge on any atom is -0.381 e. The van der Waals surface area contributed by atoms with Crippen molar-refractivity contribution < 1.29 is 9.47 Å². The topological polar surface area (TPSA) is 30.5 Å². The minimum absolute atomic E-state index is 0.481. The molecule has 0 spiro atoms. The van der Waals surface area contributed by atoms with Crippen molar-refractivity contribution in [3.63, 3.8) is 0 Å². The summed E-state index contributed by atoms with van der Waals surface area (Å²) >= 11 is 0. The third kappa shape index (κ3) is 3.23. The van der Waals surface area contributed by atoms with Crippen LogP contribution >= 0.6 is 0 Å². The Hall–Kier alpha value is -0.120. The minimum atomic E-state index is 0.481. The first-order chi connectivity index (χ1) is 6.95. The van der Waals surface area contributed by atoms with E-state index >= 15 is 0 Å². The average molecular weight is 199 g/mol. The van der Waals surface area contributed by atoms with E-state index in [4.69, 9.17) is 9.47 Å². The first-order valence-corrected chi connectivity index (χ1v) is 5.85. The predicted octanol–water partition coefficient (Wildman–Crippen LogP) is 1.18. The van der Waals surface area contributed by atoms with Crippen LogP contribution < -0.4 is 5.32 Å². The van der Waals surface area contributed by atoms with Gasteiger partial charge in [-0.05, 0) is 38.1 Å². The van der Waals surface area contributed by atoms with Gasteiger partial charge in [-0.25, -0.2) is 0 Å². The average Bonchev–Trinajstić information content (AvgIpc) is 2.72. The van der Waals surface area contributed by atoms with Gasteiger partial charge >= 0.3 is 0 Å². The van der Waals surface area contributed by atoms with E-state index in [2.05, 4.69) is 5.32 Å². The standard InChI is InChI=1S/C11H21NO2/c1-2-11(14-5-1)9-12-8-10-3-6-13-7-4-10/h10-12H,1-9H2/t11-/m0/s1. The molecule has 0 aromatic rings. The summed E-state index contributed by atoms with van der Waals surface area (Å²) in [5.41, 5.74) is 0. The maximum Gasteiger partial charge on any atom is 0.0700 e. The molecule has 3 heteroatoms. The molecule has 3 nitrogen and oxygen atoms in total. The van der Waals surface area contributed by atoms with Gasteiger partial charge in [-0.15, -0.1) is 0 Å². The molecule has 0 unspecified atom stereocenters. The van der Waals surface area contributed by atoms with Gasteiger partial charge in [0.15, 0.2) is 0 Å². The van der Waals surface area contributed by atoms with Crippen molar-refractivity contribution in [2.24, 2.45) is 5.92 Å². The number of ether oxygens (including phenoxy) is 2. The van der Waals surface area contributed by atoms with Gasteiger partial charge in [0.25, 0.3) is 0 Å². The van der Waals surface area contributed by atoms with Crippen LogP contribution in [0.1, 0.15) is 25.7 Å². The lowest BCUT2D eigenvalue weighted by Crippen LogP contribution is -2.32. The lowest BCUT2D eigenvalue weighted by Gasteiger charge is -2.22. The Labute approximate surface area is 86.2 Å². The first-order valence-electron chi connectivity index (χ1n) is 5.85. The normalized spacial score (nSPS) is 29.6. The highest BCUT2D eigenvalue weighted by Crippen LogP contribution is 2.14. The summed E-state index contributed by atoms with van der Waals surface area (Å²) in [4.78, 5) is 0. The van der Waals surface area contributed by atoms with Crippen molar-refractivity contribution in [2.45, 2.75) is 31.8 Å². The van der Waals surface area contributed by atoms with E-state index in [-0.39, 0.29) is 0 Å². The molecule has 2 aliphatic rings. The lowest BCUT2D eigenvalue weighted by molar-refractivity contribution is 0.0635. The third-order valence-electron chi connectivity index (χ3n) is 3.17. The van der Waals surface area contributed by atoms with E-state index in [0.717, 1.165) is 38.8 Å². The van der Waals surface area contributed by atoms with Crippen LogP contribution in [0.4, 0.5) is 0 Å². The molecule has 2 fully saturated rings. The van der Waals surface area contributed by atoms with E-state index in [0.29, 0.717) is 6.10 Å². The zero-order chi connectivity index (χ0) is 9.64. The second kappa shape index (κ2) is 5.69. The van der Waals surface area contributed by atoms with Gasteiger partial charge < -0.3 is 14.8 Å². The molecule has 1 N–H and O–H groups in total. The van der Waals surface area contributed by atoms with Gasteiger partial charge in [-0.3, -0.25) is 0 Å². The molecule has 0 saturated carbocycles. The van der Waals surface area contributed by atoms with Crippen molar-refractivity contribution in [2.75, 3.05) is 32.9 Å². The summed E-state index contributed by atoms with van der Waals surface area (Å²) < 4.78 is 10.9. The predicted molar refractivity (Wildman–Crippen MR) is 55.4 cm³/mol. The van der Waals surface area contributed by atoms with Crippen LogP contribution in [-0.2, 0) is 9.47 Å². The molecule has 0 aromatic heterocycles. The molecule has 0 aromatic carbocycles. The molecular weight excluding hydrogens is 178 g/mol. The number of rotatable bonds is 4. The van der Waals surface area contributed by atoms with E-state index in [1.54, 1.807) is 0 Å². The summed E-state index contributed by atoms with van der Waals surface area (Å²) in [5, 5.41) is 3.52. The van der Waals surface area contributed by atoms with Crippen molar-refractivity contribution in [1.29, 1.82) is 0 Å². The van der Waals surface area contributed by atoms with Crippen molar-refractivity contribution in [3.05, 3.63) is 0 Å². The zero-order valence-electron chi connectivity index (χ0n) is 8.84. The maximum atomic E-state index is 5.56. The number of nitrogens with one attached hydrogen (secondary N) is 1. The van der Waals surface area contributed by atoms with Crippen LogP contribution in [0.3, 0.4) is 0 Å². The lowest BCUT2D eigenvalue weighted by atomic mass is 10.0. The summed E-state index contributed by atoms with van der Waals surface area (Å²) in [6.45, 7) is 5.04. The SMILES string of the molecule is C1CO[C@H](CNCC2CCOCC2)C1. The van der Waals surface area contributed by atoms with Gasteiger partial charge in [0.2, 0.25) is 0 Å². The smallest absolute Gasteiger partial charge is 0.0700 e. The Kier molecular flexibility index (Phi) is 4.22. The fourth-order valence-corrected chi connectivity index (χ4v) is 2.20. The highest BCUT2D eigenvalue weighted by atomic mass is 16.5. The summed E-state index contributed by atoms with van der Waals surface area (Å²) in [5.74, 6) is 0.824. The third-order valence-corrected chi connectivity index (χ3v) is 3.17. The van der Waals surface area contributed by atoms with E-state index in [1.807, 2.05) is 0 Å². The van der Waals surface area contributed by atoms with Crippen molar-refractivity contribution in [1.82, 2.24) is 5.32 Å². The Morgan fingerprint density at radius 3 is 2.57 bits per heavy atom. The zero-order valence-corrected chi connectivity index (χ0v) is 8.84. The number of hydrogen-bond acceptors (Lipinski definition) is 3. The molecule has 0 aliphatic carbocycles. The largest absolute Gasteiger partial charge is 0.381 e. The fourth-order valence-electron chi connectivity index (χ4n) is 2.20. The molecule has 2 saturated heterocycles. The van der Waals surface area contributed by atoms with Crippen molar-refractivity contribution in [3.8, 4) is 0 Å². The Morgan fingerprint density at radius 2 is 1.86 bits per heavy atom. The van der Waals surface area contributed by atoms with E-state index < -0.39 is 0 Å². The van der Waals surface area contributed by atoms with Gasteiger partial charge in [0.05, 0.1) is 6.10 Å². The molecule has 14 heavy (non-hydrogen) atoms. The highest BCUT2D eigenvalue weighted by Gasteiger charge is 2.17. The Bertz CT molecular complexity index is 151. The molecule has 2 rings (SSSR count). The molecule has 0 amide bonds. The Balaban J connectivity index is 1.52. The summed E-state index contributed by atoms with van der Waals surface area (Å²) in [6.07, 6.45) is 5.40. The van der Waals surface area contributed by atoms with Crippen molar-refractivity contribution >= 4 is 0 Å². The molecular formula is C11H21NO2. The molecule has 1 atom stereocenters. The molecule has 0 radical (unpaired) electrons. The van der Waals surface area contributed by atoms with Gasteiger partial charge in [0, 0.05) is 26.4 Å². The molecule has 82 valence electrons. The summed E-state index contributed by atoms with van der Waals surface area (Å²) in [7, 11) is 0. The van der Waals surface area contributed by atoms with E-state index in [9.17, 15) is 0 Å². The van der Waals surface area contributed by atoms with Crippen LogP contribution in [0.5, 0.6) is 0 Å². The van der Waals surface area contributed by atoms with Gasteiger partial charge in [-0.2, -0.15) is 0 Å².